The van der Waals surface area contributed by atoms with Gasteiger partial charge in [-0.25, -0.2) is 9.59 Å². The summed E-state index contributed by atoms with van der Waals surface area (Å²) in [5, 5.41) is 17.0. The molecule has 9 nitrogen and oxygen atoms in total. The van der Waals surface area contributed by atoms with Crippen LogP contribution in [-0.2, 0) is 25.7 Å². The molecule has 0 unspecified atom stereocenters. The Bertz CT molecular complexity index is 1320. The average Bonchev–Trinajstić information content (AvgIpc) is 3.28. The predicted octanol–water partition coefficient (Wildman–Crippen LogP) is 3.53. The summed E-state index contributed by atoms with van der Waals surface area (Å²) in [6.07, 6.45) is -0.772. The Labute approximate surface area is 236 Å². The first-order chi connectivity index (χ1) is 19.3. The lowest BCUT2D eigenvalue weighted by Gasteiger charge is -2.20. The predicted molar refractivity (Wildman–Crippen MR) is 153 cm³/mol. The molecule has 0 heterocycles. The van der Waals surface area contributed by atoms with Gasteiger partial charge in [0.1, 0.15) is 25.2 Å². The molecule has 3 amide bonds. The van der Waals surface area contributed by atoms with Crippen molar-refractivity contribution >= 4 is 35.6 Å². The van der Waals surface area contributed by atoms with Gasteiger partial charge < -0.3 is 25.8 Å². The molecule has 3 aromatic rings. The third-order valence-electron chi connectivity index (χ3n) is 6.52. The van der Waals surface area contributed by atoms with Crippen molar-refractivity contribution in [2.45, 2.75) is 31.5 Å². The highest BCUT2D eigenvalue weighted by Gasteiger charge is 2.29. The second-order valence-electron chi connectivity index (χ2n) is 9.37. The molecule has 0 aliphatic heterocycles. The fourth-order valence-corrected chi connectivity index (χ4v) is 5.69. The van der Waals surface area contributed by atoms with Crippen molar-refractivity contribution in [1.29, 1.82) is 0 Å². The molecule has 0 fully saturated rings. The maximum absolute atomic E-state index is 12.6. The smallest absolute Gasteiger partial charge is 0.407 e. The molecule has 10 heteroatoms. The van der Waals surface area contributed by atoms with Crippen molar-refractivity contribution in [3.05, 3.63) is 95.6 Å². The summed E-state index contributed by atoms with van der Waals surface area (Å²) in [4.78, 5) is 48.5. The van der Waals surface area contributed by atoms with Crippen LogP contribution >= 0.6 is 11.8 Å². The van der Waals surface area contributed by atoms with Crippen LogP contribution in [0.15, 0.2) is 78.9 Å². The third kappa shape index (κ3) is 7.41. The molecule has 1 aliphatic carbocycles. The molecule has 208 valence electrons. The molecule has 40 heavy (non-hydrogen) atoms. The zero-order valence-electron chi connectivity index (χ0n) is 22.0. The van der Waals surface area contributed by atoms with E-state index in [0.717, 1.165) is 5.56 Å². The lowest BCUT2D eigenvalue weighted by molar-refractivity contribution is -0.141. The van der Waals surface area contributed by atoms with E-state index in [1.807, 2.05) is 42.5 Å². The third-order valence-corrected chi connectivity index (χ3v) is 7.66. The molecule has 0 saturated carbocycles. The molecule has 0 radical (unpaired) electrons. The Balaban J connectivity index is 1.21. The zero-order valence-corrected chi connectivity index (χ0v) is 22.8. The van der Waals surface area contributed by atoms with E-state index in [4.69, 9.17) is 4.74 Å². The van der Waals surface area contributed by atoms with E-state index in [9.17, 15) is 24.3 Å². The number of carbonyl (C=O) groups excluding carboxylic acids is 3. The summed E-state index contributed by atoms with van der Waals surface area (Å²) in [7, 11) is 0. The summed E-state index contributed by atoms with van der Waals surface area (Å²) in [5.41, 5.74) is 5.60. The number of nitrogens with one attached hydrogen (secondary N) is 3. The minimum atomic E-state index is -1.16. The van der Waals surface area contributed by atoms with Crippen LogP contribution in [0.2, 0.25) is 0 Å². The normalized spacial score (nSPS) is 13.3. The van der Waals surface area contributed by atoms with Crippen molar-refractivity contribution in [2.24, 2.45) is 0 Å². The van der Waals surface area contributed by atoms with Crippen molar-refractivity contribution in [2.75, 3.05) is 18.1 Å². The van der Waals surface area contributed by atoms with E-state index in [-0.39, 0.29) is 18.3 Å². The van der Waals surface area contributed by atoms with E-state index in [2.05, 4.69) is 40.2 Å². The summed E-state index contributed by atoms with van der Waals surface area (Å²) in [5.74, 6) is -1.45. The van der Waals surface area contributed by atoms with Gasteiger partial charge in [0, 0.05) is 17.4 Å². The van der Waals surface area contributed by atoms with Crippen LogP contribution in [0.1, 0.15) is 29.5 Å². The van der Waals surface area contributed by atoms with Gasteiger partial charge >= 0.3 is 12.1 Å². The Kier molecular flexibility index (Phi) is 9.80. The SMILES string of the molecule is C[C@H](NC(=O)CNC(=O)OCc1ccccc1)C(=O)N[C@@H](CSCC1c2ccccc2-c2ccccc21)C(=O)O. The van der Waals surface area contributed by atoms with Crippen molar-refractivity contribution in [3.63, 3.8) is 0 Å². The van der Waals surface area contributed by atoms with Crippen molar-refractivity contribution in [1.82, 2.24) is 16.0 Å². The number of carboxylic acid groups (broad SMARTS) is 1. The highest BCUT2D eigenvalue weighted by atomic mass is 32.2. The maximum atomic E-state index is 12.6. The van der Waals surface area contributed by atoms with Crippen LogP contribution in [0.5, 0.6) is 0 Å². The van der Waals surface area contributed by atoms with Gasteiger partial charge in [0.05, 0.1) is 0 Å². The lowest BCUT2D eigenvalue weighted by Crippen LogP contribution is -2.52. The average molecular weight is 562 g/mol. The van der Waals surface area contributed by atoms with E-state index >= 15 is 0 Å². The molecule has 3 aromatic carbocycles. The fourth-order valence-electron chi connectivity index (χ4n) is 4.50. The van der Waals surface area contributed by atoms with Gasteiger partial charge in [0.15, 0.2) is 0 Å². The minimum Gasteiger partial charge on any atom is -0.480 e. The van der Waals surface area contributed by atoms with Crippen LogP contribution in [0, 0.1) is 0 Å². The number of aliphatic carboxylic acids is 1. The summed E-state index contributed by atoms with van der Waals surface area (Å²) >= 11 is 1.45. The monoisotopic (exact) mass is 561 g/mol. The number of thioether (sulfide) groups is 1. The number of carbonyl (C=O) groups is 4. The highest BCUT2D eigenvalue weighted by Crippen LogP contribution is 2.45. The molecule has 1 aliphatic rings. The number of ether oxygens (including phenoxy) is 1. The van der Waals surface area contributed by atoms with E-state index in [1.165, 1.54) is 40.9 Å². The number of benzene rings is 3. The first kappa shape index (κ1) is 28.7. The highest BCUT2D eigenvalue weighted by molar-refractivity contribution is 7.99. The second kappa shape index (κ2) is 13.7. The number of amides is 3. The molecule has 0 bridgehead atoms. The Morgan fingerprint density at radius 1 is 0.875 bits per heavy atom. The van der Waals surface area contributed by atoms with Crippen LogP contribution in [0.25, 0.3) is 11.1 Å². The van der Waals surface area contributed by atoms with Crippen LogP contribution in [0.4, 0.5) is 4.79 Å². The first-order valence-corrected chi connectivity index (χ1v) is 14.0. The van der Waals surface area contributed by atoms with Gasteiger partial charge in [-0.05, 0) is 34.7 Å². The molecule has 0 aromatic heterocycles. The molecule has 2 atom stereocenters. The van der Waals surface area contributed by atoms with Crippen LogP contribution < -0.4 is 16.0 Å². The van der Waals surface area contributed by atoms with Crippen molar-refractivity contribution in [3.8, 4) is 11.1 Å². The fraction of sp³-hybridized carbons (Fsp3) is 0.267. The van der Waals surface area contributed by atoms with Gasteiger partial charge in [-0.15, -0.1) is 0 Å². The number of hydrogen-bond acceptors (Lipinski definition) is 6. The molecule has 0 saturated heterocycles. The van der Waals surface area contributed by atoms with Gasteiger partial charge in [0.25, 0.3) is 0 Å². The maximum Gasteiger partial charge on any atom is 0.407 e. The Morgan fingerprint density at radius 3 is 2.10 bits per heavy atom. The molecular weight excluding hydrogens is 530 g/mol. The second-order valence-corrected chi connectivity index (χ2v) is 10.4. The van der Waals surface area contributed by atoms with Gasteiger partial charge in [-0.3, -0.25) is 9.59 Å². The van der Waals surface area contributed by atoms with Crippen LogP contribution in [0.3, 0.4) is 0 Å². The number of hydrogen-bond donors (Lipinski definition) is 4. The van der Waals surface area contributed by atoms with Gasteiger partial charge in [-0.1, -0.05) is 78.9 Å². The number of carboxylic acids is 1. The number of alkyl carbamates (subject to hydrolysis) is 1. The van der Waals surface area contributed by atoms with Gasteiger partial charge in [0.2, 0.25) is 11.8 Å². The van der Waals surface area contributed by atoms with E-state index < -0.39 is 42.5 Å². The molecule has 4 rings (SSSR count). The van der Waals surface area contributed by atoms with E-state index in [1.54, 1.807) is 12.1 Å². The van der Waals surface area contributed by atoms with E-state index in [0.29, 0.717) is 5.75 Å². The lowest BCUT2D eigenvalue weighted by atomic mass is 9.99. The first-order valence-electron chi connectivity index (χ1n) is 12.9. The molecule has 0 spiro atoms. The minimum absolute atomic E-state index is 0.0570. The van der Waals surface area contributed by atoms with Crippen LogP contribution in [-0.4, -0.2) is 59.1 Å². The standard InChI is InChI=1S/C30H31N3O6S/c1-19(32-27(34)15-31-30(38)39-16-20-9-3-2-4-10-20)28(35)33-26(29(36)37)18-40-17-25-23-13-7-5-11-21(23)22-12-6-8-14-24(22)25/h2-14,19,25-26H,15-18H2,1H3,(H,31,38)(H,32,34)(H,33,35)(H,36,37)/t19-,26-/m0/s1. The topological polar surface area (TPSA) is 134 Å². The zero-order chi connectivity index (χ0) is 28.5. The summed E-state index contributed by atoms with van der Waals surface area (Å²) in [6.45, 7) is 1.11. The van der Waals surface area contributed by atoms with Crippen molar-refractivity contribution < 1.29 is 29.0 Å². The van der Waals surface area contributed by atoms with Gasteiger partial charge in [-0.2, -0.15) is 11.8 Å². The summed E-state index contributed by atoms with van der Waals surface area (Å²) in [6, 6.07) is 23.4. The number of rotatable bonds is 12. The largest absolute Gasteiger partial charge is 0.480 e. The Morgan fingerprint density at radius 2 is 1.48 bits per heavy atom. The molecule has 4 N–H and O–H groups in total. The molecular formula is C30H31N3O6S. The Hall–Kier alpha value is -4.31. The number of fused-ring (bicyclic) bond motifs is 3. The quantitative estimate of drug-likeness (QED) is 0.266. The summed E-state index contributed by atoms with van der Waals surface area (Å²) < 4.78 is 5.05.